The van der Waals surface area contributed by atoms with Gasteiger partial charge in [-0.2, -0.15) is 11.8 Å². The van der Waals surface area contributed by atoms with Crippen molar-refractivity contribution in [2.24, 2.45) is 0 Å². The number of carbonyl (C=O) groups excluding carboxylic acids is 1. The van der Waals surface area contributed by atoms with E-state index in [0.29, 0.717) is 0 Å². The van der Waals surface area contributed by atoms with Crippen LogP contribution in [0.3, 0.4) is 0 Å². The molecule has 0 aliphatic carbocycles. The van der Waals surface area contributed by atoms with Gasteiger partial charge in [-0.15, -0.1) is 6.42 Å². The van der Waals surface area contributed by atoms with Crippen LogP contribution in [-0.4, -0.2) is 48.3 Å². The first-order valence-corrected chi connectivity index (χ1v) is 6.51. The summed E-state index contributed by atoms with van der Waals surface area (Å²) in [5, 5.41) is 14.3. The second-order valence-corrected chi connectivity index (χ2v) is 4.51. The molecule has 0 fully saturated rings. The van der Waals surface area contributed by atoms with Crippen molar-refractivity contribution in [2.75, 3.05) is 31.2 Å². The maximum absolute atomic E-state index is 11.4. The molecule has 0 saturated carbocycles. The highest BCUT2D eigenvalue weighted by molar-refractivity contribution is 7.99. The van der Waals surface area contributed by atoms with Crippen LogP contribution >= 0.6 is 11.8 Å². The Hall–Kier alpha value is -0.700. The third kappa shape index (κ3) is 8.60. The molecule has 1 atom stereocenters. The van der Waals surface area contributed by atoms with E-state index in [4.69, 9.17) is 11.5 Å². The summed E-state index contributed by atoms with van der Waals surface area (Å²) < 4.78 is 0. The molecule has 1 unspecified atom stereocenters. The summed E-state index contributed by atoms with van der Waals surface area (Å²) in [7, 11) is 0. The second-order valence-electron chi connectivity index (χ2n) is 3.29. The summed E-state index contributed by atoms with van der Waals surface area (Å²) in [5.41, 5.74) is 0. The predicted octanol–water partition coefficient (Wildman–Crippen LogP) is -0.170. The monoisotopic (exact) mass is 244 g/mol. The third-order valence-electron chi connectivity index (χ3n) is 1.90. The summed E-state index contributed by atoms with van der Waals surface area (Å²) in [6.07, 6.45) is 5.86. The molecule has 0 radical (unpaired) electrons. The van der Waals surface area contributed by atoms with Crippen LogP contribution in [0.5, 0.6) is 0 Å². The highest BCUT2D eigenvalue weighted by atomic mass is 32.2. The smallest absolute Gasteiger partial charge is 0.237 e. The van der Waals surface area contributed by atoms with E-state index in [9.17, 15) is 4.79 Å². The number of carbonyl (C=O) groups is 1. The lowest BCUT2D eigenvalue weighted by Gasteiger charge is -2.12. The van der Waals surface area contributed by atoms with Gasteiger partial charge in [-0.25, -0.2) is 0 Å². The lowest BCUT2D eigenvalue weighted by Crippen LogP contribution is -2.43. The number of hydrogen-bond donors (Lipinski definition) is 3. The number of terminal acetylenes is 1. The summed E-state index contributed by atoms with van der Waals surface area (Å²) in [4.78, 5) is 11.4. The Labute approximate surface area is 102 Å². The molecular formula is C11H20N2O2S. The number of thioether (sulfide) groups is 1. The van der Waals surface area contributed by atoms with Gasteiger partial charge in [0, 0.05) is 18.9 Å². The van der Waals surface area contributed by atoms with Crippen LogP contribution in [0.25, 0.3) is 0 Å². The van der Waals surface area contributed by atoms with Crippen molar-refractivity contribution in [3.05, 3.63) is 0 Å². The van der Waals surface area contributed by atoms with Crippen LogP contribution in [0.1, 0.15) is 13.3 Å². The van der Waals surface area contributed by atoms with Gasteiger partial charge in [-0.05, 0) is 19.1 Å². The number of aliphatic hydroxyl groups excluding tert-OH is 1. The van der Waals surface area contributed by atoms with Crippen molar-refractivity contribution >= 4 is 17.7 Å². The van der Waals surface area contributed by atoms with Crippen molar-refractivity contribution in [1.29, 1.82) is 0 Å². The van der Waals surface area contributed by atoms with Gasteiger partial charge < -0.3 is 15.7 Å². The van der Waals surface area contributed by atoms with E-state index in [0.717, 1.165) is 24.5 Å². The minimum atomic E-state index is -0.216. The van der Waals surface area contributed by atoms with Crippen LogP contribution in [0.15, 0.2) is 0 Å². The maximum Gasteiger partial charge on any atom is 0.237 e. The number of nitrogens with one attached hydrogen (secondary N) is 2. The van der Waals surface area contributed by atoms with E-state index in [1.165, 1.54) is 0 Å². The van der Waals surface area contributed by atoms with Crippen molar-refractivity contribution in [3.63, 3.8) is 0 Å². The molecule has 0 aliphatic rings. The Morgan fingerprint density at radius 1 is 1.56 bits per heavy atom. The summed E-state index contributed by atoms with van der Waals surface area (Å²) >= 11 is 1.76. The van der Waals surface area contributed by atoms with E-state index in [-0.39, 0.29) is 25.1 Å². The van der Waals surface area contributed by atoms with E-state index >= 15 is 0 Å². The highest BCUT2D eigenvalue weighted by Gasteiger charge is 2.09. The molecule has 0 rings (SSSR count). The zero-order chi connectivity index (χ0) is 12.2. The van der Waals surface area contributed by atoms with Crippen molar-refractivity contribution < 1.29 is 9.90 Å². The fourth-order valence-corrected chi connectivity index (χ4v) is 1.80. The molecule has 5 heteroatoms. The molecule has 92 valence electrons. The molecule has 16 heavy (non-hydrogen) atoms. The quantitative estimate of drug-likeness (QED) is 0.389. The molecule has 3 N–H and O–H groups in total. The number of aliphatic hydroxyl groups is 1. The molecule has 0 spiro atoms. The largest absolute Gasteiger partial charge is 0.396 e. The van der Waals surface area contributed by atoms with Gasteiger partial charge in [0.15, 0.2) is 0 Å². The Balaban J connectivity index is 3.39. The van der Waals surface area contributed by atoms with E-state index in [1.54, 1.807) is 11.8 Å². The van der Waals surface area contributed by atoms with Gasteiger partial charge in [0.1, 0.15) is 0 Å². The van der Waals surface area contributed by atoms with E-state index < -0.39 is 0 Å². The average Bonchev–Trinajstić information content (AvgIpc) is 2.30. The number of rotatable bonds is 9. The van der Waals surface area contributed by atoms with Gasteiger partial charge in [0.25, 0.3) is 0 Å². The summed E-state index contributed by atoms with van der Waals surface area (Å²) in [6, 6.07) is -0.216. The predicted molar refractivity (Wildman–Crippen MR) is 68.3 cm³/mol. The highest BCUT2D eigenvalue weighted by Crippen LogP contribution is 2.00. The average molecular weight is 244 g/mol. The van der Waals surface area contributed by atoms with Gasteiger partial charge in [0.2, 0.25) is 5.91 Å². The van der Waals surface area contributed by atoms with Crippen LogP contribution in [0, 0.1) is 12.3 Å². The Morgan fingerprint density at radius 3 is 2.94 bits per heavy atom. The van der Waals surface area contributed by atoms with Gasteiger partial charge in [-0.3, -0.25) is 4.79 Å². The van der Waals surface area contributed by atoms with Crippen molar-refractivity contribution in [1.82, 2.24) is 10.6 Å². The van der Waals surface area contributed by atoms with Gasteiger partial charge >= 0.3 is 0 Å². The lowest BCUT2D eigenvalue weighted by molar-refractivity contribution is -0.122. The zero-order valence-electron chi connectivity index (χ0n) is 9.66. The molecule has 0 aromatic carbocycles. The van der Waals surface area contributed by atoms with Crippen LogP contribution in [0.4, 0.5) is 0 Å². The third-order valence-corrected chi connectivity index (χ3v) is 2.97. The maximum atomic E-state index is 11.4. The Morgan fingerprint density at radius 2 is 2.31 bits per heavy atom. The molecule has 0 bridgehead atoms. The van der Waals surface area contributed by atoms with Gasteiger partial charge in [0.05, 0.1) is 12.6 Å². The molecule has 1 amide bonds. The molecular weight excluding hydrogens is 224 g/mol. The first-order valence-electron chi connectivity index (χ1n) is 5.35. The topological polar surface area (TPSA) is 61.4 Å². The SMILES string of the molecule is C#CCNC(=O)C(C)NCCSCCCO. The number of hydrogen-bond acceptors (Lipinski definition) is 4. The lowest BCUT2D eigenvalue weighted by atomic mass is 10.3. The molecule has 0 aromatic rings. The molecule has 0 aliphatic heterocycles. The van der Waals surface area contributed by atoms with Crippen LogP contribution in [-0.2, 0) is 4.79 Å². The van der Waals surface area contributed by atoms with Crippen LogP contribution in [0.2, 0.25) is 0 Å². The number of amides is 1. The fourth-order valence-electron chi connectivity index (χ4n) is 1.00. The van der Waals surface area contributed by atoms with Gasteiger partial charge in [-0.1, -0.05) is 5.92 Å². The minimum Gasteiger partial charge on any atom is -0.396 e. The van der Waals surface area contributed by atoms with E-state index in [1.807, 2.05) is 6.92 Å². The van der Waals surface area contributed by atoms with Crippen molar-refractivity contribution in [3.8, 4) is 12.3 Å². The van der Waals surface area contributed by atoms with E-state index in [2.05, 4.69) is 16.6 Å². The van der Waals surface area contributed by atoms with Crippen molar-refractivity contribution in [2.45, 2.75) is 19.4 Å². The molecule has 4 nitrogen and oxygen atoms in total. The first kappa shape index (κ1) is 15.3. The first-order chi connectivity index (χ1) is 7.72. The summed E-state index contributed by atoms with van der Waals surface area (Å²) in [6.45, 7) is 3.10. The van der Waals surface area contributed by atoms with Crippen LogP contribution < -0.4 is 10.6 Å². The fraction of sp³-hybridized carbons (Fsp3) is 0.727. The minimum absolute atomic E-state index is 0.0710. The standard InChI is InChI=1S/C11H20N2O2S/c1-3-5-13-11(15)10(2)12-6-9-16-8-4-7-14/h1,10,12,14H,4-9H2,2H3,(H,13,15). The summed E-state index contributed by atoms with van der Waals surface area (Å²) in [5.74, 6) is 4.18. The Kier molecular flexibility index (Phi) is 10.3. The molecule has 0 aromatic heterocycles. The second kappa shape index (κ2) is 10.8. The molecule has 0 heterocycles. The normalized spacial score (nSPS) is 11.8. The zero-order valence-corrected chi connectivity index (χ0v) is 10.5. The Bertz CT molecular complexity index is 229. The molecule has 0 saturated heterocycles.